The lowest BCUT2D eigenvalue weighted by atomic mass is 9.94. The molecule has 0 spiro atoms. The molecule has 1 aromatic heterocycles. The molecule has 5 heteroatoms. The SMILES string of the molecule is O=C(NCC1CCN(C2CCSCC2)CC1)c1ccoc1. The van der Waals surface area contributed by atoms with E-state index in [0.717, 1.165) is 12.6 Å². The molecule has 0 saturated carbocycles. The molecule has 2 aliphatic heterocycles. The Bertz CT molecular complexity index is 435. The third-order valence-electron chi connectivity index (χ3n) is 4.69. The predicted octanol–water partition coefficient (Wildman–Crippen LogP) is 2.62. The van der Waals surface area contributed by atoms with Gasteiger partial charge in [-0.05, 0) is 62.3 Å². The molecule has 1 aromatic rings. The molecule has 3 heterocycles. The van der Waals surface area contributed by atoms with Gasteiger partial charge in [0.05, 0.1) is 11.8 Å². The van der Waals surface area contributed by atoms with Crippen LogP contribution in [0.3, 0.4) is 0 Å². The summed E-state index contributed by atoms with van der Waals surface area (Å²) in [4.78, 5) is 14.6. The summed E-state index contributed by atoms with van der Waals surface area (Å²) in [5, 5.41) is 3.03. The van der Waals surface area contributed by atoms with E-state index in [-0.39, 0.29) is 5.91 Å². The number of nitrogens with one attached hydrogen (secondary N) is 1. The van der Waals surface area contributed by atoms with Crippen LogP contribution in [0.15, 0.2) is 23.0 Å². The highest BCUT2D eigenvalue weighted by molar-refractivity contribution is 7.99. The van der Waals surface area contributed by atoms with Gasteiger partial charge in [-0.3, -0.25) is 4.79 Å². The summed E-state index contributed by atoms with van der Waals surface area (Å²) >= 11 is 2.09. The largest absolute Gasteiger partial charge is 0.472 e. The van der Waals surface area contributed by atoms with Gasteiger partial charge in [0, 0.05) is 12.6 Å². The van der Waals surface area contributed by atoms with E-state index >= 15 is 0 Å². The van der Waals surface area contributed by atoms with E-state index < -0.39 is 0 Å². The third-order valence-corrected chi connectivity index (χ3v) is 5.74. The molecule has 21 heavy (non-hydrogen) atoms. The van der Waals surface area contributed by atoms with Gasteiger partial charge in [-0.2, -0.15) is 11.8 Å². The number of piperidine rings is 1. The van der Waals surface area contributed by atoms with E-state index in [2.05, 4.69) is 22.0 Å². The smallest absolute Gasteiger partial charge is 0.254 e. The molecule has 1 N–H and O–H groups in total. The summed E-state index contributed by atoms with van der Waals surface area (Å²) in [6.45, 7) is 3.18. The second kappa shape index (κ2) is 7.36. The highest BCUT2D eigenvalue weighted by atomic mass is 32.2. The Morgan fingerprint density at radius 3 is 2.71 bits per heavy atom. The molecular weight excluding hydrogens is 284 g/mol. The number of hydrogen-bond acceptors (Lipinski definition) is 4. The topological polar surface area (TPSA) is 45.5 Å². The van der Waals surface area contributed by atoms with Crippen LogP contribution in [0.2, 0.25) is 0 Å². The van der Waals surface area contributed by atoms with E-state index in [9.17, 15) is 4.79 Å². The zero-order valence-electron chi connectivity index (χ0n) is 12.4. The standard InChI is InChI=1S/C16H24N2O2S/c19-16(14-3-8-20-12-14)17-11-13-1-6-18(7-2-13)15-4-9-21-10-5-15/h3,8,12-13,15H,1-2,4-7,9-11H2,(H,17,19). The number of furan rings is 1. The fraction of sp³-hybridized carbons (Fsp3) is 0.688. The molecule has 2 aliphatic rings. The zero-order valence-corrected chi connectivity index (χ0v) is 13.2. The molecular formula is C16H24N2O2S. The maximum atomic E-state index is 11.9. The minimum atomic E-state index is -0.0181. The maximum Gasteiger partial charge on any atom is 0.254 e. The lowest BCUT2D eigenvalue weighted by Crippen LogP contribution is -2.44. The zero-order chi connectivity index (χ0) is 14.5. The summed E-state index contributed by atoms with van der Waals surface area (Å²) < 4.78 is 4.94. The first-order valence-corrected chi connectivity index (χ1v) is 9.10. The summed E-state index contributed by atoms with van der Waals surface area (Å²) in [5.41, 5.74) is 0.618. The summed E-state index contributed by atoms with van der Waals surface area (Å²) in [6, 6.07) is 2.52. The summed E-state index contributed by atoms with van der Waals surface area (Å²) in [7, 11) is 0. The molecule has 0 aromatic carbocycles. The van der Waals surface area contributed by atoms with Crippen molar-refractivity contribution < 1.29 is 9.21 Å². The number of thioether (sulfide) groups is 1. The maximum absolute atomic E-state index is 11.9. The first-order valence-electron chi connectivity index (χ1n) is 7.95. The molecule has 2 saturated heterocycles. The Morgan fingerprint density at radius 1 is 1.29 bits per heavy atom. The van der Waals surface area contributed by atoms with Crippen LogP contribution in [0.25, 0.3) is 0 Å². The molecule has 3 rings (SSSR count). The lowest BCUT2D eigenvalue weighted by Gasteiger charge is -2.39. The Hall–Kier alpha value is -0.940. The van der Waals surface area contributed by atoms with Crippen molar-refractivity contribution in [3.05, 3.63) is 24.2 Å². The van der Waals surface area contributed by atoms with Crippen LogP contribution >= 0.6 is 11.8 Å². The van der Waals surface area contributed by atoms with Crippen molar-refractivity contribution >= 4 is 17.7 Å². The van der Waals surface area contributed by atoms with Crippen molar-refractivity contribution in [3.63, 3.8) is 0 Å². The Balaban J connectivity index is 1.38. The average molecular weight is 308 g/mol. The molecule has 0 bridgehead atoms. The average Bonchev–Trinajstić information content (AvgIpc) is 3.08. The third kappa shape index (κ3) is 4.04. The van der Waals surface area contributed by atoms with Crippen LogP contribution in [-0.2, 0) is 0 Å². The van der Waals surface area contributed by atoms with E-state index in [0.29, 0.717) is 11.5 Å². The van der Waals surface area contributed by atoms with Gasteiger partial charge < -0.3 is 14.6 Å². The van der Waals surface area contributed by atoms with Crippen molar-refractivity contribution in [2.75, 3.05) is 31.1 Å². The van der Waals surface area contributed by atoms with Crippen molar-refractivity contribution in [1.29, 1.82) is 0 Å². The first kappa shape index (κ1) is 15.0. The Kier molecular flexibility index (Phi) is 5.25. The molecule has 1 amide bonds. The molecule has 116 valence electrons. The predicted molar refractivity (Wildman–Crippen MR) is 85.7 cm³/mol. The van der Waals surface area contributed by atoms with E-state index in [4.69, 9.17) is 4.42 Å². The number of rotatable bonds is 4. The van der Waals surface area contributed by atoms with Gasteiger partial charge in [0.2, 0.25) is 0 Å². The van der Waals surface area contributed by atoms with Crippen molar-refractivity contribution in [3.8, 4) is 0 Å². The number of hydrogen-bond donors (Lipinski definition) is 1. The highest BCUT2D eigenvalue weighted by Crippen LogP contribution is 2.26. The second-order valence-electron chi connectivity index (χ2n) is 6.04. The lowest BCUT2D eigenvalue weighted by molar-refractivity contribution is 0.0919. The molecule has 0 atom stereocenters. The van der Waals surface area contributed by atoms with Gasteiger partial charge in [0.25, 0.3) is 5.91 Å². The van der Waals surface area contributed by atoms with Crippen LogP contribution in [0.4, 0.5) is 0 Å². The number of carbonyl (C=O) groups is 1. The highest BCUT2D eigenvalue weighted by Gasteiger charge is 2.26. The number of nitrogens with zero attached hydrogens (tertiary/aromatic N) is 1. The van der Waals surface area contributed by atoms with E-state index in [1.54, 1.807) is 6.07 Å². The minimum absolute atomic E-state index is 0.0181. The van der Waals surface area contributed by atoms with Crippen LogP contribution in [0, 0.1) is 5.92 Å². The van der Waals surface area contributed by atoms with Gasteiger partial charge in [-0.1, -0.05) is 0 Å². The number of amides is 1. The fourth-order valence-corrected chi connectivity index (χ4v) is 4.39. The molecule has 0 unspecified atom stereocenters. The number of carbonyl (C=O) groups excluding carboxylic acids is 1. The van der Waals surface area contributed by atoms with Crippen molar-refractivity contribution in [2.24, 2.45) is 5.92 Å². The van der Waals surface area contributed by atoms with Gasteiger partial charge in [-0.15, -0.1) is 0 Å². The fourth-order valence-electron chi connectivity index (χ4n) is 3.31. The molecule has 0 aliphatic carbocycles. The minimum Gasteiger partial charge on any atom is -0.472 e. The quantitative estimate of drug-likeness (QED) is 0.929. The van der Waals surface area contributed by atoms with Crippen LogP contribution in [0.1, 0.15) is 36.0 Å². The summed E-state index contributed by atoms with van der Waals surface area (Å²) in [5.74, 6) is 3.25. The Morgan fingerprint density at radius 2 is 2.05 bits per heavy atom. The van der Waals surface area contributed by atoms with Crippen molar-refractivity contribution in [2.45, 2.75) is 31.7 Å². The molecule has 2 fully saturated rings. The second-order valence-corrected chi connectivity index (χ2v) is 7.27. The first-order chi connectivity index (χ1) is 10.3. The van der Waals surface area contributed by atoms with Gasteiger partial charge in [0.15, 0.2) is 0 Å². The summed E-state index contributed by atoms with van der Waals surface area (Å²) in [6.07, 6.45) is 8.15. The van der Waals surface area contributed by atoms with Gasteiger partial charge in [0.1, 0.15) is 6.26 Å². The van der Waals surface area contributed by atoms with E-state index in [1.807, 2.05) is 0 Å². The number of likely N-dealkylation sites (tertiary alicyclic amines) is 1. The van der Waals surface area contributed by atoms with Gasteiger partial charge in [-0.25, -0.2) is 0 Å². The normalized spacial score (nSPS) is 22.3. The monoisotopic (exact) mass is 308 g/mol. The van der Waals surface area contributed by atoms with Crippen LogP contribution in [-0.4, -0.2) is 48.0 Å². The van der Waals surface area contributed by atoms with E-state index in [1.165, 1.54) is 62.8 Å². The van der Waals surface area contributed by atoms with Gasteiger partial charge >= 0.3 is 0 Å². The molecule has 0 radical (unpaired) electrons. The van der Waals surface area contributed by atoms with Crippen molar-refractivity contribution in [1.82, 2.24) is 10.2 Å². The Labute approximate surface area is 130 Å². The van der Waals surface area contributed by atoms with Crippen LogP contribution < -0.4 is 5.32 Å². The molecule has 4 nitrogen and oxygen atoms in total. The van der Waals surface area contributed by atoms with Crippen LogP contribution in [0.5, 0.6) is 0 Å².